The van der Waals surface area contributed by atoms with Gasteiger partial charge >= 0.3 is 6.03 Å². The monoisotopic (exact) mass is 373 g/mol. The van der Waals surface area contributed by atoms with Crippen LogP contribution in [-0.4, -0.2) is 49.2 Å². The van der Waals surface area contributed by atoms with E-state index in [1.54, 1.807) is 4.90 Å². The first-order valence-corrected chi connectivity index (χ1v) is 9.43. The van der Waals surface area contributed by atoms with Crippen LogP contribution < -0.4 is 15.4 Å². The Balaban J connectivity index is 1.72. The average Bonchev–Trinajstić information content (AvgIpc) is 2.94. The largest absolute Gasteiger partial charge is 0.494 e. The van der Waals surface area contributed by atoms with Gasteiger partial charge in [0.1, 0.15) is 5.75 Å². The normalized spacial score (nSPS) is 19.3. The van der Waals surface area contributed by atoms with Crippen molar-refractivity contribution >= 4 is 11.9 Å². The van der Waals surface area contributed by atoms with Crippen LogP contribution in [-0.2, 0) is 9.53 Å². The van der Waals surface area contributed by atoms with Gasteiger partial charge in [-0.2, -0.15) is 0 Å². The van der Waals surface area contributed by atoms with E-state index in [9.17, 15) is 9.59 Å². The minimum Gasteiger partial charge on any atom is -0.494 e. The second-order valence-electron chi connectivity index (χ2n) is 6.93. The number of benzene rings is 1. The van der Waals surface area contributed by atoms with Crippen LogP contribution in [0.5, 0.6) is 5.75 Å². The Morgan fingerprint density at radius 2 is 1.96 bits per heavy atom. The number of rotatable bonds is 8. The molecule has 2 aliphatic heterocycles. The molecule has 2 heterocycles. The lowest BCUT2D eigenvalue weighted by Crippen LogP contribution is -2.44. The average molecular weight is 373 g/mol. The summed E-state index contributed by atoms with van der Waals surface area (Å²) in [7, 11) is 0. The third-order valence-corrected chi connectivity index (χ3v) is 4.57. The molecule has 2 aliphatic rings. The van der Waals surface area contributed by atoms with Crippen LogP contribution in [0.3, 0.4) is 0 Å². The van der Waals surface area contributed by atoms with E-state index in [0.29, 0.717) is 37.6 Å². The zero-order chi connectivity index (χ0) is 19.4. The van der Waals surface area contributed by atoms with Gasteiger partial charge in [0.2, 0.25) is 0 Å². The van der Waals surface area contributed by atoms with Gasteiger partial charge in [0, 0.05) is 13.2 Å². The van der Waals surface area contributed by atoms with Crippen molar-refractivity contribution in [2.75, 3.05) is 26.3 Å². The summed E-state index contributed by atoms with van der Waals surface area (Å²) in [5.41, 5.74) is 2.16. The Labute approximate surface area is 159 Å². The second kappa shape index (κ2) is 8.43. The standard InChI is InChI=1S/C20H27N3O4/c1-4-26-15-8-6-14(7-9-15)18-17-16(21-20(25)22-18)12-23(19(17)24)10-5-11-27-13(2)3/h6-9,13,18H,4-5,10-12H2,1-3H3,(H2,21,22,25)/t18-/m1/s1. The number of hydrogen-bond donors (Lipinski definition) is 2. The van der Waals surface area contributed by atoms with Gasteiger partial charge in [-0.1, -0.05) is 12.1 Å². The SMILES string of the molecule is CCOc1ccc([C@H]2NC(=O)NC3=C2C(=O)N(CCCOC(C)C)C3)cc1. The van der Waals surface area contributed by atoms with Crippen molar-refractivity contribution in [2.24, 2.45) is 0 Å². The summed E-state index contributed by atoms with van der Waals surface area (Å²) < 4.78 is 11.0. The summed E-state index contributed by atoms with van der Waals surface area (Å²) in [5, 5.41) is 5.66. The molecule has 7 heteroatoms. The highest BCUT2D eigenvalue weighted by Crippen LogP contribution is 2.33. The number of urea groups is 1. The van der Waals surface area contributed by atoms with E-state index in [1.807, 2.05) is 45.0 Å². The van der Waals surface area contributed by atoms with Gasteiger partial charge in [0.05, 0.1) is 36.6 Å². The molecule has 0 saturated heterocycles. The fourth-order valence-electron chi connectivity index (χ4n) is 3.36. The Kier molecular flexibility index (Phi) is 6.01. The minimum atomic E-state index is -0.450. The molecule has 0 aromatic heterocycles. The van der Waals surface area contributed by atoms with Crippen molar-refractivity contribution in [1.82, 2.24) is 15.5 Å². The molecule has 0 fully saturated rings. The Morgan fingerprint density at radius 1 is 1.22 bits per heavy atom. The number of carbonyl (C=O) groups is 2. The van der Waals surface area contributed by atoms with Crippen molar-refractivity contribution < 1.29 is 19.1 Å². The molecule has 0 spiro atoms. The lowest BCUT2D eigenvalue weighted by molar-refractivity contribution is -0.126. The van der Waals surface area contributed by atoms with Gasteiger partial charge in [-0.3, -0.25) is 4.79 Å². The molecule has 0 radical (unpaired) electrons. The first-order valence-electron chi connectivity index (χ1n) is 9.43. The molecule has 0 unspecified atom stereocenters. The molecule has 2 N–H and O–H groups in total. The molecule has 0 aliphatic carbocycles. The summed E-state index contributed by atoms with van der Waals surface area (Å²) in [4.78, 5) is 26.8. The third kappa shape index (κ3) is 4.42. The highest BCUT2D eigenvalue weighted by molar-refractivity contribution is 6.01. The molecular weight excluding hydrogens is 346 g/mol. The quantitative estimate of drug-likeness (QED) is 0.686. The van der Waals surface area contributed by atoms with E-state index in [1.165, 1.54) is 0 Å². The Bertz CT molecular complexity index is 727. The van der Waals surface area contributed by atoms with Gasteiger partial charge < -0.3 is 25.0 Å². The van der Waals surface area contributed by atoms with Crippen molar-refractivity contribution in [3.05, 3.63) is 41.1 Å². The van der Waals surface area contributed by atoms with Crippen LogP contribution in [0, 0.1) is 0 Å². The van der Waals surface area contributed by atoms with Gasteiger partial charge in [0.25, 0.3) is 5.91 Å². The minimum absolute atomic E-state index is 0.0408. The van der Waals surface area contributed by atoms with Crippen LogP contribution >= 0.6 is 0 Å². The zero-order valence-electron chi connectivity index (χ0n) is 16.1. The number of ether oxygens (including phenoxy) is 2. The highest BCUT2D eigenvalue weighted by Gasteiger charge is 2.40. The van der Waals surface area contributed by atoms with E-state index < -0.39 is 6.04 Å². The van der Waals surface area contributed by atoms with Crippen LogP contribution in [0.25, 0.3) is 0 Å². The predicted octanol–water partition coefficient (Wildman–Crippen LogP) is 2.35. The molecule has 1 aromatic carbocycles. The van der Waals surface area contributed by atoms with Gasteiger partial charge in [-0.25, -0.2) is 4.79 Å². The van der Waals surface area contributed by atoms with Gasteiger partial charge in [-0.15, -0.1) is 0 Å². The molecular formula is C20H27N3O4. The molecule has 27 heavy (non-hydrogen) atoms. The van der Waals surface area contributed by atoms with E-state index in [2.05, 4.69) is 10.6 Å². The fraction of sp³-hybridized carbons (Fsp3) is 0.500. The molecule has 3 rings (SSSR count). The fourth-order valence-corrected chi connectivity index (χ4v) is 3.36. The number of amides is 3. The lowest BCUT2D eigenvalue weighted by Gasteiger charge is -2.25. The number of hydrogen-bond acceptors (Lipinski definition) is 4. The molecule has 0 saturated carbocycles. The maximum atomic E-state index is 12.9. The van der Waals surface area contributed by atoms with E-state index in [4.69, 9.17) is 9.47 Å². The number of nitrogens with one attached hydrogen (secondary N) is 2. The maximum Gasteiger partial charge on any atom is 0.319 e. The molecule has 7 nitrogen and oxygen atoms in total. The topological polar surface area (TPSA) is 79.9 Å². The van der Waals surface area contributed by atoms with Crippen LogP contribution in [0.15, 0.2) is 35.5 Å². The van der Waals surface area contributed by atoms with Crippen molar-refractivity contribution in [1.29, 1.82) is 0 Å². The second-order valence-corrected chi connectivity index (χ2v) is 6.93. The molecule has 146 valence electrons. The molecule has 1 aromatic rings. The summed E-state index contributed by atoms with van der Waals surface area (Å²) in [6.45, 7) is 8.14. The van der Waals surface area contributed by atoms with Crippen molar-refractivity contribution in [3.63, 3.8) is 0 Å². The smallest absolute Gasteiger partial charge is 0.319 e. The molecule has 0 bridgehead atoms. The number of carbonyl (C=O) groups excluding carboxylic acids is 2. The van der Waals surface area contributed by atoms with E-state index in [-0.39, 0.29) is 18.0 Å². The van der Waals surface area contributed by atoms with Gasteiger partial charge in [-0.05, 0) is 44.9 Å². The highest BCUT2D eigenvalue weighted by atomic mass is 16.5. The summed E-state index contributed by atoms with van der Waals surface area (Å²) >= 11 is 0. The van der Waals surface area contributed by atoms with Crippen LogP contribution in [0.1, 0.15) is 38.8 Å². The predicted molar refractivity (Wildman–Crippen MR) is 101 cm³/mol. The molecule has 3 amide bonds. The first kappa shape index (κ1) is 19.2. The Hall–Kier alpha value is -2.54. The Morgan fingerprint density at radius 3 is 2.63 bits per heavy atom. The number of nitrogens with zero attached hydrogens (tertiary/aromatic N) is 1. The van der Waals surface area contributed by atoms with E-state index in [0.717, 1.165) is 17.7 Å². The van der Waals surface area contributed by atoms with E-state index >= 15 is 0 Å². The maximum absolute atomic E-state index is 12.9. The third-order valence-electron chi connectivity index (χ3n) is 4.57. The van der Waals surface area contributed by atoms with Crippen molar-refractivity contribution in [2.45, 2.75) is 39.3 Å². The lowest BCUT2D eigenvalue weighted by atomic mass is 9.96. The van der Waals surface area contributed by atoms with Gasteiger partial charge in [0.15, 0.2) is 0 Å². The summed E-state index contributed by atoms with van der Waals surface area (Å²) in [6.07, 6.45) is 0.942. The first-order chi connectivity index (χ1) is 13.0. The van der Waals surface area contributed by atoms with Crippen LogP contribution in [0.2, 0.25) is 0 Å². The van der Waals surface area contributed by atoms with Crippen molar-refractivity contribution in [3.8, 4) is 5.75 Å². The zero-order valence-corrected chi connectivity index (χ0v) is 16.1. The molecule has 1 atom stereocenters. The summed E-state index contributed by atoms with van der Waals surface area (Å²) in [6, 6.07) is 6.75. The van der Waals surface area contributed by atoms with Crippen LogP contribution in [0.4, 0.5) is 4.79 Å². The summed E-state index contributed by atoms with van der Waals surface area (Å²) in [5.74, 6) is 0.723.